The quantitative estimate of drug-likeness (QED) is 0.752. The first-order valence-electron chi connectivity index (χ1n) is 6.79. The van der Waals surface area contributed by atoms with Crippen LogP contribution in [0.2, 0.25) is 0 Å². The maximum Gasteiger partial charge on any atom is 0.260 e. The predicted molar refractivity (Wildman–Crippen MR) is 91.3 cm³/mol. The maximum atomic E-state index is 12.5. The van der Waals surface area contributed by atoms with E-state index in [0.717, 1.165) is 21.2 Å². The molecule has 0 saturated heterocycles. The second-order valence-electron chi connectivity index (χ2n) is 4.91. The van der Waals surface area contributed by atoms with Crippen LogP contribution in [0.1, 0.15) is 27.0 Å². The molecule has 0 bridgehead atoms. The van der Waals surface area contributed by atoms with Gasteiger partial charge in [0.25, 0.3) is 5.91 Å². The van der Waals surface area contributed by atoms with Crippen LogP contribution in [0.5, 0.6) is 0 Å². The molecule has 0 saturated carbocycles. The number of aryl methyl sites for hydroxylation is 1. The number of hydrogen-bond acceptors (Lipinski definition) is 2. The molecule has 2 aromatic rings. The molecule has 22 heavy (non-hydrogen) atoms. The van der Waals surface area contributed by atoms with Gasteiger partial charge < -0.3 is 0 Å². The fourth-order valence-corrected chi connectivity index (χ4v) is 2.65. The van der Waals surface area contributed by atoms with Crippen molar-refractivity contribution in [2.45, 2.75) is 13.5 Å². The lowest BCUT2D eigenvalue weighted by Crippen LogP contribution is -2.29. The molecule has 0 aliphatic carbocycles. The second-order valence-corrected chi connectivity index (χ2v) is 5.76. The molecule has 0 heterocycles. The van der Waals surface area contributed by atoms with E-state index in [1.807, 2.05) is 37.3 Å². The van der Waals surface area contributed by atoms with Crippen molar-refractivity contribution in [2.24, 2.45) is 0 Å². The summed E-state index contributed by atoms with van der Waals surface area (Å²) in [6.45, 7) is 5.78. The number of carbonyl (C=O) groups is 2. The zero-order chi connectivity index (χ0) is 16.1. The molecule has 2 amide bonds. The van der Waals surface area contributed by atoms with Crippen LogP contribution in [0.25, 0.3) is 6.08 Å². The summed E-state index contributed by atoms with van der Waals surface area (Å²) in [4.78, 5) is 25.0. The fourth-order valence-electron chi connectivity index (χ4n) is 2.13. The average Bonchev–Trinajstić information content (AvgIpc) is 2.53. The molecular formula is C18H16BrNO2. The lowest BCUT2D eigenvalue weighted by atomic mass is 10.1. The third kappa shape index (κ3) is 3.52. The number of benzene rings is 2. The number of imide groups is 1. The number of carbonyl (C=O) groups excluding carboxylic acids is 2. The van der Waals surface area contributed by atoms with Crippen molar-refractivity contribution in [2.75, 3.05) is 0 Å². The predicted octanol–water partition coefficient (Wildman–Crippen LogP) is 4.20. The van der Waals surface area contributed by atoms with Gasteiger partial charge in [0.05, 0.1) is 6.54 Å². The van der Waals surface area contributed by atoms with E-state index in [9.17, 15) is 9.59 Å². The van der Waals surface area contributed by atoms with E-state index in [0.29, 0.717) is 12.0 Å². The van der Waals surface area contributed by atoms with Crippen LogP contribution in [0.3, 0.4) is 0 Å². The van der Waals surface area contributed by atoms with Gasteiger partial charge in [0, 0.05) is 10.0 Å². The van der Waals surface area contributed by atoms with Gasteiger partial charge in [-0.3, -0.25) is 14.5 Å². The van der Waals surface area contributed by atoms with Gasteiger partial charge >= 0.3 is 0 Å². The summed E-state index contributed by atoms with van der Waals surface area (Å²) in [5.41, 5.74) is 3.21. The molecule has 3 nitrogen and oxygen atoms in total. The Morgan fingerprint density at radius 2 is 2.00 bits per heavy atom. The van der Waals surface area contributed by atoms with E-state index in [1.54, 1.807) is 18.2 Å². The molecule has 0 radical (unpaired) electrons. The van der Waals surface area contributed by atoms with Crippen molar-refractivity contribution in [3.8, 4) is 0 Å². The summed E-state index contributed by atoms with van der Waals surface area (Å²) in [6, 6.07) is 12.9. The molecule has 112 valence electrons. The Morgan fingerprint density at radius 3 is 2.59 bits per heavy atom. The molecular weight excluding hydrogens is 342 g/mol. The standard InChI is InChI=1S/C18H16BrNO2/c1-3-14-8-9-15(17(19)10-14)11-20(12-21)18(22)16-7-5-4-6-13(16)2/h3-10,12H,1,11H2,2H3. The smallest absolute Gasteiger partial charge is 0.260 e. The van der Waals surface area contributed by atoms with Crippen molar-refractivity contribution < 1.29 is 9.59 Å². The van der Waals surface area contributed by atoms with Gasteiger partial charge in [0.15, 0.2) is 0 Å². The third-order valence-corrected chi connectivity index (χ3v) is 4.16. The Bertz CT molecular complexity index is 725. The van der Waals surface area contributed by atoms with E-state index in [1.165, 1.54) is 4.90 Å². The molecule has 0 unspecified atom stereocenters. The normalized spacial score (nSPS) is 10.1. The molecule has 0 N–H and O–H groups in total. The van der Waals surface area contributed by atoms with Crippen LogP contribution in [0, 0.1) is 6.92 Å². The maximum absolute atomic E-state index is 12.5. The molecule has 4 heteroatoms. The van der Waals surface area contributed by atoms with E-state index in [4.69, 9.17) is 0 Å². The highest BCUT2D eigenvalue weighted by atomic mass is 79.9. The van der Waals surface area contributed by atoms with Crippen LogP contribution in [0.4, 0.5) is 0 Å². The van der Waals surface area contributed by atoms with Crippen molar-refractivity contribution >= 4 is 34.3 Å². The summed E-state index contributed by atoms with van der Waals surface area (Å²) in [5, 5.41) is 0. The van der Waals surface area contributed by atoms with Gasteiger partial charge in [0.1, 0.15) is 0 Å². The van der Waals surface area contributed by atoms with Crippen molar-refractivity contribution in [1.82, 2.24) is 4.90 Å². The molecule has 0 atom stereocenters. The van der Waals surface area contributed by atoms with Crippen molar-refractivity contribution in [3.05, 3.63) is 75.8 Å². The van der Waals surface area contributed by atoms with Crippen LogP contribution < -0.4 is 0 Å². The Labute approximate surface area is 138 Å². The van der Waals surface area contributed by atoms with Crippen molar-refractivity contribution in [3.63, 3.8) is 0 Å². The van der Waals surface area contributed by atoms with Crippen molar-refractivity contribution in [1.29, 1.82) is 0 Å². The fraction of sp³-hybridized carbons (Fsp3) is 0.111. The number of nitrogens with zero attached hydrogens (tertiary/aromatic N) is 1. The van der Waals surface area contributed by atoms with E-state index >= 15 is 0 Å². The van der Waals surface area contributed by atoms with Crippen LogP contribution in [-0.4, -0.2) is 17.2 Å². The lowest BCUT2D eigenvalue weighted by molar-refractivity contribution is -0.116. The van der Waals surface area contributed by atoms with Gasteiger partial charge in [0.2, 0.25) is 6.41 Å². The molecule has 0 aliphatic rings. The zero-order valence-corrected chi connectivity index (χ0v) is 13.8. The zero-order valence-electron chi connectivity index (χ0n) is 12.3. The molecule has 0 spiro atoms. The average molecular weight is 358 g/mol. The third-order valence-electron chi connectivity index (χ3n) is 3.42. The minimum Gasteiger partial charge on any atom is -0.278 e. The summed E-state index contributed by atoms with van der Waals surface area (Å²) in [6.07, 6.45) is 2.31. The topological polar surface area (TPSA) is 37.4 Å². The van der Waals surface area contributed by atoms with Gasteiger partial charge in [-0.1, -0.05) is 58.9 Å². The highest BCUT2D eigenvalue weighted by Crippen LogP contribution is 2.21. The minimum absolute atomic E-state index is 0.217. The second kappa shape index (κ2) is 7.18. The molecule has 0 aromatic heterocycles. The van der Waals surface area contributed by atoms with Gasteiger partial charge in [-0.05, 0) is 35.7 Å². The number of halogens is 1. The van der Waals surface area contributed by atoms with Gasteiger partial charge in [-0.25, -0.2) is 0 Å². The first-order valence-corrected chi connectivity index (χ1v) is 7.59. The summed E-state index contributed by atoms with van der Waals surface area (Å²) in [7, 11) is 0. The first-order chi connectivity index (χ1) is 10.6. The van der Waals surface area contributed by atoms with Crippen LogP contribution in [0.15, 0.2) is 53.5 Å². The van der Waals surface area contributed by atoms with E-state index < -0.39 is 0 Å². The molecule has 0 fully saturated rings. The summed E-state index contributed by atoms with van der Waals surface area (Å²) >= 11 is 3.46. The van der Waals surface area contributed by atoms with E-state index in [-0.39, 0.29) is 12.5 Å². The lowest BCUT2D eigenvalue weighted by Gasteiger charge is -2.18. The Kier molecular flexibility index (Phi) is 5.28. The molecule has 0 aliphatic heterocycles. The number of amides is 2. The first kappa shape index (κ1) is 16.2. The monoisotopic (exact) mass is 357 g/mol. The SMILES string of the molecule is C=Cc1ccc(CN(C=O)C(=O)c2ccccc2C)c(Br)c1. The summed E-state index contributed by atoms with van der Waals surface area (Å²) in [5.74, 6) is -0.298. The highest BCUT2D eigenvalue weighted by molar-refractivity contribution is 9.10. The molecule has 2 rings (SSSR count). The highest BCUT2D eigenvalue weighted by Gasteiger charge is 2.18. The molecule has 2 aromatic carbocycles. The minimum atomic E-state index is -0.298. The largest absolute Gasteiger partial charge is 0.278 e. The summed E-state index contributed by atoms with van der Waals surface area (Å²) < 4.78 is 0.842. The Hall–Kier alpha value is -2.20. The Morgan fingerprint density at radius 1 is 1.27 bits per heavy atom. The number of rotatable bonds is 5. The number of hydrogen-bond donors (Lipinski definition) is 0. The van der Waals surface area contributed by atoms with Gasteiger partial charge in [-0.15, -0.1) is 0 Å². The van der Waals surface area contributed by atoms with Crippen LogP contribution in [-0.2, 0) is 11.3 Å². The van der Waals surface area contributed by atoms with Crippen LogP contribution >= 0.6 is 15.9 Å². The van der Waals surface area contributed by atoms with Gasteiger partial charge in [-0.2, -0.15) is 0 Å². The Balaban J connectivity index is 2.26. The van der Waals surface area contributed by atoms with E-state index in [2.05, 4.69) is 22.5 Å².